The Morgan fingerprint density at radius 3 is 2.62 bits per heavy atom. The smallest absolute Gasteiger partial charge is 0.477 e. The van der Waals surface area contributed by atoms with Gasteiger partial charge < -0.3 is 24.6 Å². The van der Waals surface area contributed by atoms with Gasteiger partial charge in [-0.3, -0.25) is 9.20 Å². The summed E-state index contributed by atoms with van der Waals surface area (Å²) in [6.07, 6.45) is 4.61. The number of carbonyl (C=O) groups is 3. The number of β-lactam (4-membered cyclic amide) rings is 1. The van der Waals surface area contributed by atoms with Gasteiger partial charge in [0.2, 0.25) is 5.91 Å². The highest BCUT2D eigenvalue weighted by Gasteiger charge is 2.66. The first kappa shape index (κ1) is 27.2. The van der Waals surface area contributed by atoms with Crippen molar-refractivity contribution in [1.29, 1.82) is 0 Å². The van der Waals surface area contributed by atoms with E-state index in [4.69, 9.17) is 9.47 Å². The van der Waals surface area contributed by atoms with Gasteiger partial charge in [0.05, 0.1) is 29.5 Å². The molecule has 3 aromatic rings. The summed E-state index contributed by atoms with van der Waals surface area (Å²) in [5.74, 6) is -2.08. The molecule has 0 radical (unpaired) electrons. The van der Waals surface area contributed by atoms with Crippen LogP contribution in [0.15, 0.2) is 47.5 Å². The fraction of sp³-hybridized carbons (Fsp3) is 0.407. The molecule has 1 fully saturated rings. The second kappa shape index (κ2) is 10.3. The molecule has 2 aliphatic rings. The summed E-state index contributed by atoms with van der Waals surface area (Å²) in [4.78, 5) is 45.2. The number of fused-ring (bicyclic) bond motifs is 2. The SMILES string of the molecule is CCc1ccc(OC(=O)OCCC2(C)C(c3cn4cnc(SC)c4s3)=C(C(=O)O)N3C(=O)[C@H]([C@@H](C)O)[C@@H]32)cc1. The highest BCUT2D eigenvalue weighted by atomic mass is 32.2. The van der Waals surface area contributed by atoms with E-state index in [1.54, 1.807) is 18.5 Å². The molecule has 2 aromatic heterocycles. The van der Waals surface area contributed by atoms with Crippen LogP contribution in [0.25, 0.3) is 10.4 Å². The molecule has 1 aromatic carbocycles. The Balaban J connectivity index is 1.45. The number of hydrogen-bond donors (Lipinski definition) is 2. The fourth-order valence-electron chi connectivity index (χ4n) is 5.63. The average Bonchev–Trinajstić information content (AvgIpc) is 3.53. The number of aromatic nitrogens is 2. The van der Waals surface area contributed by atoms with Gasteiger partial charge in [-0.25, -0.2) is 14.6 Å². The summed E-state index contributed by atoms with van der Waals surface area (Å²) >= 11 is 2.87. The second-order valence-corrected chi connectivity index (χ2v) is 11.7. The van der Waals surface area contributed by atoms with Gasteiger partial charge in [0.25, 0.3) is 0 Å². The number of carbonyl (C=O) groups excluding carboxylic acids is 2. The largest absolute Gasteiger partial charge is 0.513 e. The Hall–Kier alpha value is -3.35. The Morgan fingerprint density at radius 1 is 1.28 bits per heavy atom. The molecule has 206 valence electrons. The number of thioether (sulfide) groups is 1. The number of ether oxygens (including phenoxy) is 2. The molecule has 4 atom stereocenters. The Bertz CT molecular complexity index is 1480. The van der Waals surface area contributed by atoms with Crippen molar-refractivity contribution in [2.75, 3.05) is 12.9 Å². The van der Waals surface area contributed by atoms with E-state index in [9.17, 15) is 24.6 Å². The number of rotatable bonds is 9. The molecule has 0 spiro atoms. The highest BCUT2D eigenvalue weighted by molar-refractivity contribution is 7.98. The minimum absolute atomic E-state index is 0.0777. The fourth-order valence-corrected chi connectivity index (χ4v) is 7.59. The number of hydrogen-bond acceptors (Lipinski definition) is 9. The van der Waals surface area contributed by atoms with Gasteiger partial charge in [-0.1, -0.05) is 26.0 Å². The molecule has 10 nitrogen and oxygen atoms in total. The lowest BCUT2D eigenvalue weighted by atomic mass is 9.66. The first-order chi connectivity index (χ1) is 18.6. The minimum Gasteiger partial charge on any atom is -0.477 e. The molecule has 0 saturated carbocycles. The summed E-state index contributed by atoms with van der Waals surface area (Å²) in [7, 11) is 0. The average molecular weight is 572 g/mol. The van der Waals surface area contributed by atoms with Crippen molar-refractivity contribution < 1.29 is 34.1 Å². The molecular formula is C27H29N3O7S2. The molecule has 1 amide bonds. The van der Waals surface area contributed by atoms with E-state index in [1.807, 2.05) is 42.8 Å². The van der Waals surface area contributed by atoms with Gasteiger partial charge in [0.15, 0.2) is 0 Å². The van der Waals surface area contributed by atoms with Gasteiger partial charge in [-0.15, -0.1) is 23.1 Å². The maximum Gasteiger partial charge on any atom is 0.513 e. The predicted molar refractivity (Wildman–Crippen MR) is 146 cm³/mol. The summed E-state index contributed by atoms with van der Waals surface area (Å²) in [5.41, 5.74) is 0.551. The Labute approximate surface area is 233 Å². The number of aliphatic hydroxyl groups excluding tert-OH is 1. The maximum atomic E-state index is 13.1. The lowest BCUT2D eigenvalue weighted by molar-refractivity contribution is -0.167. The van der Waals surface area contributed by atoms with Crippen LogP contribution < -0.4 is 4.74 Å². The Morgan fingerprint density at radius 2 is 2.00 bits per heavy atom. The molecular weight excluding hydrogens is 542 g/mol. The van der Waals surface area contributed by atoms with Crippen LogP contribution in [-0.4, -0.2) is 67.5 Å². The van der Waals surface area contributed by atoms with Crippen molar-refractivity contribution in [3.63, 3.8) is 0 Å². The quantitative estimate of drug-likeness (QED) is 0.167. The molecule has 0 aliphatic carbocycles. The lowest BCUT2D eigenvalue weighted by Gasteiger charge is -2.50. The number of nitrogens with zero attached hydrogens (tertiary/aromatic N) is 3. The van der Waals surface area contributed by atoms with Gasteiger partial charge in [-0.2, -0.15) is 0 Å². The molecule has 5 rings (SSSR count). The summed E-state index contributed by atoms with van der Waals surface area (Å²) in [5, 5.41) is 21.5. The third-order valence-electron chi connectivity index (χ3n) is 7.56. The summed E-state index contributed by atoms with van der Waals surface area (Å²) in [6, 6.07) is 6.52. The van der Waals surface area contributed by atoms with E-state index in [1.165, 1.54) is 34.9 Å². The zero-order valence-corrected chi connectivity index (χ0v) is 23.5. The van der Waals surface area contributed by atoms with Crippen LogP contribution in [0.2, 0.25) is 0 Å². The molecule has 12 heteroatoms. The number of aliphatic carboxylic acids is 1. The number of amides is 1. The third kappa shape index (κ3) is 4.50. The van der Waals surface area contributed by atoms with E-state index < -0.39 is 41.5 Å². The number of benzene rings is 1. The lowest BCUT2D eigenvalue weighted by Crippen LogP contribution is -2.66. The minimum atomic E-state index is -1.23. The molecule has 2 N–H and O–H groups in total. The number of imidazole rings is 1. The van der Waals surface area contributed by atoms with Crippen molar-refractivity contribution in [1.82, 2.24) is 14.3 Å². The van der Waals surface area contributed by atoms with Crippen molar-refractivity contribution in [2.45, 2.75) is 50.8 Å². The zero-order chi connectivity index (χ0) is 28.1. The van der Waals surface area contributed by atoms with E-state index in [0.29, 0.717) is 16.2 Å². The normalized spacial score (nSPS) is 23.1. The van der Waals surface area contributed by atoms with Gasteiger partial charge >= 0.3 is 12.1 Å². The number of carboxylic acids is 1. The summed E-state index contributed by atoms with van der Waals surface area (Å²) in [6.45, 7) is 5.34. The molecule has 39 heavy (non-hydrogen) atoms. The van der Waals surface area contributed by atoms with E-state index in [-0.39, 0.29) is 18.7 Å². The molecule has 1 saturated heterocycles. The molecule has 2 aliphatic heterocycles. The van der Waals surface area contributed by atoms with Crippen LogP contribution in [-0.2, 0) is 20.7 Å². The van der Waals surface area contributed by atoms with Crippen LogP contribution in [0.1, 0.15) is 37.6 Å². The summed E-state index contributed by atoms with van der Waals surface area (Å²) < 4.78 is 12.5. The monoisotopic (exact) mass is 571 g/mol. The van der Waals surface area contributed by atoms with Crippen LogP contribution in [0, 0.1) is 11.3 Å². The number of carboxylic acid groups (broad SMARTS) is 1. The van der Waals surface area contributed by atoms with Crippen molar-refractivity contribution in [2.24, 2.45) is 11.3 Å². The van der Waals surface area contributed by atoms with Crippen LogP contribution in [0.5, 0.6) is 5.75 Å². The third-order valence-corrected chi connectivity index (χ3v) is 9.50. The first-order valence-corrected chi connectivity index (χ1v) is 14.6. The molecule has 4 heterocycles. The van der Waals surface area contributed by atoms with Crippen molar-refractivity contribution in [3.8, 4) is 5.75 Å². The van der Waals surface area contributed by atoms with Crippen LogP contribution >= 0.6 is 23.1 Å². The Kier molecular flexibility index (Phi) is 7.21. The standard InChI is InChI=1S/C27H29N3O7S2/c1-5-15-6-8-16(9-7-15)37-26(35)36-11-10-27(3)19(17-12-29-13-28-22(38-4)24(29)39-17)20(25(33)34)30-21(27)18(14(2)31)23(30)32/h6-9,12-14,18,21,31H,5,10-11H2,1-4H3,(H,33,34)/t14-,18-,21-,27?/m1/s1. The van der Waals surface area contributed by atoms with Crippen LogP contribution in [0.4, 0.5) is 4.79 Å². The van der Waals surface area contributed by atoms with Crippen LogP contribution in [0.3, 0.4) is 0 Å². The van der Waals surface area contributed by atoms with Crippen molar-refractivity contribution >= 4 is 51.5 Å². The van der Waals surface area contributed by atoms with Gasteiger partial charge in [0.1, 0.15) is 27.6 Å². The van der Waals surface area contributed by atoms with Gasteiger partial charge in [-0.05, 0) is 43.7 Å². The number of thiazole rings is 1. The predicted octanol–water partition coefficient (Wildman–Crippen LogP) is 4.31. The number of aliphatic hydroxyl groups is 1. The first-order valence-electron chi connectivity index (χ1n) is 12.5. The van der Waals surface area contributed by atoms with Crippen molar-refractivity contribution in [3.05, 3.63) is 52.9 Å². The van der Waals surface area contributed by atoms with E-state index >= 15 is 0 Å². The topological polar surface area (TPSA) is 131 Å². The maximum absolute atomic E-state index is 13.1. The van der Waals surface area contributed by atoms with E-state index in [2.05, 4.69) is 4.98 Å². The number of aryl methyl sites for hydroxylation is 1. The van der Waals surface area contributed by atoms with Gasteiger partial charge in [0, 0.05) is 17.2 Å². The van der Waals surface area contributed by atoms with E-state index in [0.717, 1.165) is 21.8 Å². The molecule has 1 unspecified atom stereocenters. The zero-order valence-electron chi connectivity index (χ0n) is 21.9. The highest BCUT2D eigenvalue weighted by Crippen LogP contribution is 2.60. The molecule has 0 bridgehead atoms. The second-order valence-electron chi connectivity index (χ2n) is 9.88.